The predicted octanol–water partition coefficient (Wildman–Crippen LogP) is -3.89. The first kappa shape index (κ1) is 12.3. The van der Waals surface area contributed by atoms with Crippen LogP contribution >= 0.6 is 0 Å². The Balaban J connectivity index is 1.89. The van der Waals surface area contributed by atoms with Crippen LogP contribution in [-0.2, 0) is 0 Å². The van der Waals surface area contributed by atoms with Gasteiger partial charge in [-0.2, -0.15) is 0 Å². The van der Waals surface area contributed by atoms with E-state index >= 15 is 0 Å². The molecule has 2 bridgehead atoms. The molecule has 2 saturated heterocycles. The minimum Gasteiger partial charge on any atom is -0.346 e. The quantitative estimate of drug-likeness (QED) is 0.391. The Hall–Kier alpha value is -0.160. The highest BCUT2D eigenvalue weighted by Gasteiger charge is 2.16. The van der Waals surface area contributed by atoms with Crippen LogP contribution in [0.1, 0.15) is 12.8 Å². The van der Waals surface area contributed by atoms with Crippen molar-refractivity contribution in [2.45, 2.75) is 12.8 Å². The van der Waals surface area contributed by atoms with Crippen molar-refractivity contribution in [2.75, 3.05) is 65.4 Å². The molecular formula is C12H29N4+3. The molecule has 0 aromatic rings. The van der Waals surface area contributed by atoms with Crippen LogP contribution < -0.4 is 15.5 Å². The van der Waals surface area contributed by atoms with Gasteiger partial charge >= 0.3 is 0 Å². The second-order valence-electron chi connectivity index (χ2n) is 5.28. The third-order valence-corrected chi connectivity index (χ3v) is 3.95. The zero-order valence-corrected chi connectivity index (χ0v) is 10.6. The fourth-order valence-corrected chi connectivity index (χ4v) is 2.85. The topological polar surface area (TPSA) is 40.9 Å². The lowest BCUT2D eigenvalue weighted by molar-refractivity contribution is -0.912. The lowest BCUT2D eigenvalue weighted by atomic mass is 10.3. The monoisotopic (exact) mass is 229 g/mol. The number of quaternary nitrogens is 3. The van der Waals surface area contributed by atoms with Gasteiger partial charge < -0.3 is 15.5 Å². The molecule has 4 heteroatoms. The van der Waals surface area contributed by atoms with Gasteiger partial charge in [0.1, 0.15) is 13.1 Å². The van der Waals surface area contributed by atoms with Crippen LogP contribution in [0.15, 0.2) is 0 Å². The molecular weight excluding hydrogens is 200 g/mol. The summed E-state index contributed by atoms with van der Waals surface area (Å²) in [7, 11) is 0. The fourth-order valence-electron chi connectivity index (χ4n) is 2.85. The highest BCUT2D eigenvalue weighted by Crippen LogP contribution is 1.88. The molecule has 2 rings (SSSR count). The van der Waals surface area contributed by atoms with Gasteiger partial charge in [-0.3, -0.25) is 4.90 Å². The van der Waals surface area contributed by atoms with E-state index in [0.29, 0.717) is 0 Å². The molecule has 2 unspecified atom stereocenters. The number of nitrogens with two attached hydrogens (primary N) is 2. The van der Waals surface area contributed by atoms with Crippen molar-refractivity contribution in [3.63, 3.8) is 0 Å². The van der Waals surface area contributed by atoms with Crippen molar-refractivity contribution in [1.82, 2.24) is 4.90 Å². The SMILES string of the molecule is C1C[NH2+]CCC[NH+]2CC[NH2+]CCN(C1)CC2. The maximum Gasteiger partial charge on any atom is 0.127 e. The summed E-state index contributed by atoms with van der Waals surface area (Å²) in [4.78, 5) is 4.51. The van der Waals surface area contributed by atoms with E-state index in [4.69, 9.17) is 0 Å². The number of nitrogens with one attached hydrogen (secondary N) is 1. The molecule has 5 N–H and O–H groups in total. The molecule has 0 saturated carbocycles. The van der Waals surface area contributed by atoms with Gasteiger partial charge in [0.2, 0.25) is 0 Å². The van der Waals surface area contributed by atoms with Crippen LogP contribution in [0.2, 0.25) is 0 Å². The highest BCUT2D eigenvalue weighted by molar-refractivity contribution is 4.57. The third kappa shape index (κ3) is 4.37. The number of rotatable bonds is 0. The minimum atomic E-state index is 1.30. The predicted molar refractivity (Wildman–Crippen MR) is 64.6 cm³/mol. The molecule has 16 heavy (non-hydrogen) atoms. The van der Waals surface area contributed by atoms with Crippen molar-refractivity contribution in [1.29, 1.82) is 0 Å². The van der Waals surface area contributed by atoms with Crippen LogP contribution in [0, 0.1) is 0 Å². The molecule has 4 nitrogen and oxygen atoms in total. The van der Waals surface area contributed by atoms with Gasteiger partial charge in [-0.05, 0) is 0 Å². The summed E-state index contributed by atoms with van der Waals surface area (Å²) in [6.45, 7) is 13.4. The second-order valence-corrected chi connectivity index (χ2v) is 5.28. The Bertz CT molecular complexity index is 168. The average Bonchev–Trinajstić information content (AvgIpc) is 2.37. The number of nitrogens with zero attached hydrogens (tertiary/aromatic N) is 1. The van der Waals surface area contributed by atoms with E-state index in [-0.39, 0.29) is 0 Å². The summed E-state index contributed by atoms with van der Waals surface area (Å²) in [5.41, 5.74) is 0. The van der Waals surface area contributed by atoms with Gasteiger partial charge in [-0.1, -0.05) is 0 Å². The lowest BCUT2D eigenvalue weighted by Gasteiger charge is -2.21. The van der Waals surface area contributed by atoms with Crippen molar-refractivity contribution >= 4 is 0 Å². The van der Waals surface area contributed by atoms with Gasteiger partial charge in [-0.15, -0.1) is 0 Å². The van der Waals surface area contributed by atoms with E-state index in [0.717, 1.165) is 0 Å². The zero-order chi connectivity index (χ0) is 11.1. The van der Waals surface area contributed by atoms with Crippen LogP contribution in [0.5, 0.6) is 0 Å². The van der Waals surface area contributed by atoms with Crippen LogP contribution in [0.4, 0.5) is 0 Å². The molecule has 0 spiro atoms. The zero-order valence-electron chi connectivity index (χ0n) is 10.6. The molecule has 2 heterocycles. The Kier molecular flexibility index (Phi) is 5.55. The number of hydrogen-bond acceptors (Lipinski definition) is 1. The molecule has 2 aliphatic rings. The molecule has 0 aromatic carbocycles. The normalized spacial score (nSPS) is 34.5. The summed E-state index contributed by atoms with van der Waals surface area (Å²) < 4.78 is 0. The first-order valence-electron chi connectivity index (χ1n) is 7.14. The van der Waals surface area contributed by atoms with Gasteiger partial charge in [0.15, 0.2) is 0 Å². The minimum absolute atomic E-state index is 1.30. The van der Waals surface area contributed by atoms with Crippen LogP contribution in [-0.4, -0.2) is 70.3 Å². The summed E-state index contributed by atoms with van der Waals surface area (Å²) in [5, 5.41) is 5.02. The lowest BCUT2D eigenvalue weighted by Crippen LogP contribution is -3.15. The molecule has 0 aromatic heterocycles. The highest BCUT2D eigenvalue weighted by atomic mass is 15.2. The molecule has 2 aliphatic heterocycles. The van der Waals surface area contributed by atoms with E-state index in [9.17, 15) is 0 Å². The van der Waals surface area contributed by atoms with E-state index < -0.39 is 0 Å². The van der Waals surface area contributed by atoms with Gasteiger partial charge in [0.05, 0.1) is 32.7 Å². The second kappa shape index (κ2) is 7.22. The maximum absolute atomic E-state index is 2.68. The van der Waals surface area contributed by atoms with Gasteiger partial charge in [0.25, 0.3) is 0 Å². The standard InChI is InChI=1S/C12H26N4/c1-3-13-4-2-8-16-10-6-14-5-9-15(7-1)11-12-16/h13-14H,1-12H2/p+3. The third-order valence-electron chi connectivity index (χ3n) is 3.95. The van der Waals surface area contributed by atoms with E-state index in [1.54, 1.807) is 0 Å². The summed E-state index contributed by atoms with van der Waals surface area (Å²) >= 11 is 0. The number of fused-ring (bicyclic) bond motifs is 3. The van der Waals surface area contributed by atoms with Crippen LogP contribution in [0.25, 0.3) is 0 Å². The Labute approximate surface area is 99.4 Å². The Morgan fingerprint density at radius 3 is 2.56 bits per heavy atom. The van der Waals surface area contributed by atoms with E-state index in [1.165, 1.54) is 78.3 Å². The van der Waals surface area contributed by atoms with E-state index in [2.05, 4.69) is 15.5 Å². The first-order valence-corrected chi connectivity index (χ1v) is 7.14. The summed E-state index contributed by atoms with van der Waals surface area (Å²) in [6.07, 6.45) is 2.77. The van der Waals surface area contributed by atoms with Gasteiger partial charge in [0, 0.05) is 32.5 Å². The Morgan fingerprint density at radius 2 is 1.56 bits per heavy atom. The molecule has 0 aliphatic carbocycles. The van der Waals surface area contributed by atoms with Crippen LogP contribution in [0.3, 0.4) is 0 Å². The summed E-state index contributed by atoms with van der Waals surface area (Å²) in [5.74, 6) is 0. The molecule has 2 atom stereocenters. The summed E-state index contributed by atoms with van der Waals surface area (Å²) in [6, 6.07) is 0. The first-order chi connectivity index (χ1) is 7.95. The maximum atomic E-state index is 2.68. The smallest absolute Gasteiger partial charge is 0.127 e. The Morgan fingerprint density at radius 1 is 0.688 bits per heavy atom. The number of hydrogen-bond donors (Lipinski definition) is 3. The molecule has 0 amide bonds. The van der Waals surface area contributed by atoms with Crippen molar-refractivity contribution in [3.05, 3.63) is 0 Å². The molecule has 0 radical (unpaired) electrons. The average molecular weight is 229 g/mol. The van der Waals surface area contributed by atoms with Crippen molar-refractivity contribution in [2.24, 2.45) is 0 Å². The van der Waals surface area contributed by atoms with Gasteiger partial charge in [-0.25, -0.2) is 0 Å². The largest absolute Gasteiger partial charge is 0.346 e. The van der Waals surface area contributed by atoms with Crippen molar-refractivity contribution in [3.8, 4) is 0 Å². The van der Waals surface area contributed by atoms with E-state index in [1.807, 2.05) is 4.90 Å². The fraction of sp³-hybridized carbons (Fsp3) is 1.00. The van der Waals surface area contributed by atoms with Crippen molar-refractivity contribution < 1.29 is 15.5 Å². The molecule has 94 valence electrons. The molecule has 2 fully saturated rings.